The van der Waals surface area contributed by atoms with Gasteiger partial charge in [0.25, 0.3) is 0 Å². The van der Waals surface area contributed by atoms with E-state index in [2.05, 4.69) is 0 Å². The quantitative estimate of drug-likeness (QED) is 0.536. The Kier molecular flexibility index (Phi) is 10.8. The molecule has 0 aromatic carbocycles. The van der Waals surface area contributed by atoms with Crippen LogP contribution in [0, 0.1) is 0 Å². The summed E-state index contributed by atoms with van der Waals surface area (Å²) in [5, 5.41) is 8.49. The molecule has 12 heavy (non-hydrogen) atoms. The van der Waals surface area contributed by atoms with Crippen LogP contribution in [0.5, 0.6) is 0 Å². The fraction of sp³-hybridized carbons (Fsp3) is 1.00. The largest absolute Gasteiger partial charge is 0.396 e. The minimum absolute atomic E-state index is 0.310. The van der Waals surface area contributed by atoms with E-state index in [0.717, 1.165) is 32.3 Å². The predicted molar refractivity (Wildman–Crippen MR) is 48.2 cm³/mol. The predicted octanol–water partition coefficient (Wildman–Crippen LogP) is 1.20. The number of hydrogen-bond donors (Lipinski definition) is 1. The molecule has 0 bridgehead atoms. The maximum absolute atomic E-state index is 8.49. The summed E-state index contributed by atoms with van der Waals surface area (Å²) >= 11 is 0. The number of ether oxygens (including phenoxy) is 2. The average molecular weight is 176 g/mol. The Bertz CT molecular complexity index is 66.2. The highest BCUT2D eigenvalue weighted by Gasteiger charge is 1.89. The summed E-state index contributed by atoms with van der Waals surface area (Å²) in [4.78, 5) is 0. The second-order valence-electron chi connectivity index (χ2n) is 2.74. The molecule has 0 amide bonds. The molecule has 1 N–H and O–H groups in total. The van der Waals surface area contributed by atoms with Gasteiger partial charge in [-0.3, -0.25) is 0 Å². The van der Waals surface area contributed by atoms with Gasteiger partial charge >= 0.3 is 0 Å². The molecule has 0 aliphatic carbocycles. The zero-order chi connectivity index (χ0) is 9.07. The van der Waals surface area contributed by atoms with E-state index >= 15 is 0 Å². The Morgan fingerprint density at radius 1 is 0.917 bits per heavy atom. The Morgan fingerprint density at radius 3 is 2.33 bits per heavy atom. The van der Waals surface area contributed by atoms with Gasteiger partial charge in [0.15, 0.2) is 0 Å². The van der Waals surface area contributed by atoms with Crippen LogP contribution in [0.2, 0.25) is 0 Å². The van der Waals surface area contributed by atoms with E-state index in [1.54, 1.807) is 7.11 Å². The molecule has 3 nitrogen and oxygen atoms in total. The van der Waals surface area contributed by atoms with E-state index in [4.69, 9.17) is 14.6 Å². The number of hydrogen-bond acceptors (Lipinski definition) is 3. The van der Waals surface area contributed by atoms with E-state index < -0.39 is 0 Å². The van der Waals surface area contributed by atoms with E-state index in [0.29, 0.717) is 19.8 Å². The van der Waals surface area contributed by atoms with E-state index in [1.165, 1.54) is 0 Å². The summed E-state index contributed by atoms with van der Waals surface area (Å²) in [6, 6.07) is 0. The van der Waals surface area contributed by atoms with Crippen molar-refractivity contribution in [2.75, 3.05) is 33.5 Å². The van der Waals surface area contributed by atoms with Gasteiger partial charge < -0.3 is 14.6 Å². The molecule has 0 aromatic rings. The lowest BCUT2D eigenvalue weighted by Crippen LogP contribution is -2.02. The van der Waals surface area contributed by atoms with E-state index in [9.17, 15) is 0 Å². The average Bonchev–Trinajstić information content (AvgIpc) is 2.10. The molecule has 0 unspecified atom stereocenters. The fourth-order valence-electron chi connectivity index (χ4n) is 0.914. The molecule has 3 heteroatoms. The number of aliphatic hydroxyl groups is 1. The van der Waals surface area contributed by atoms with Crippen molar-refractivity contribution in [3.05, 3.63) is 0 Å². The summed E-state index contributed by atoms with van der Waals surface area (Å²) in [5.41, 5.74) is 0. The van der Waals surface area contributed by atoms with Gasteiger partial charge in [0.1, 0.15) is 0 Å². The van der Waals surface area contributed by atoms with Crippen molar-refractivity contribution in [3.63, 3.8) is 0 Å². The van der Waals surface area contributed by atoms with Crippen LogP contribution in [0.1, 0.15) is 25.7 Å². The Morgan fingerprint density at radius 2 is 1.67 bits per heavy atom. The van der Waals surface area contributed by atoms with Crippen LogP contribution in [-0.4, -0.2) is 38.6 Å². The van der Waals surface area contributed by atoms with Crippen molar-refractivity contribution in [3.8, 4) is 0 Å². The Balaban J connectivity index is 2.73. The zero-order valence-electron chi connectivity index (χ0n) is 7.92. The summed E-state index contributed by atoms with van der Waals surface area (Å²) in [5.74, 6) is 0. The third-order valence-corrected chi connectivity index (χ3v) is 1.63. The number of aliphatic hydroxyl groups excluding tert-OH is 1. The first-order valence-electron chi connectivity index (χ1n) is 4.59. The van der Waals surface area contributed by atoms with Crippen LogP contribution in [0.4, 0.5) is 0 Å². The third kappa shape index (κ3) is 9.88. The van der Waals surface area contributed by atoms with Crippen LogP contribution in [0.3, 0.4) is 0 Å². The first kappa shape index (κ1) is 11.9. The number of methoxy groups -OCH3 is 1. The monoisotopic (exact) mass is 176 g/mol. The van der Waals surface area contributed by atoms with Crippen molar-refractivity contribution in [2.24, 2.45) is 0 Å². The lowest BCUT2D eigenvalue weighted by Gasteiger charge is -2.02. The molecular weight excluding hydrogens is 156 g/mol. The van der Waals surface area contributed by atoms with Gasteiger partial charge in [-0.1, -0.05) is 12.8 Å². The van der Waals surface area contributed by atoms with Gasteiger partial charge in [0, 0.05) is 20.3 Å². The molecule has 0 saturated heterocycles. The summed E-state index contributed by atoms with van der Waals surface area (Å²) < 4.78 is 10.1. The van der Waals surface area contributed by atoms with Crippen molar-refractivity contribution in [1.82, 2.24) is 0 Å². The van der Waals surface area contributed by atoms with Crippen LogP contribution in [-0.2, 0) is 9.47 Å². The molecule has 0 atom stereocenters. The summed E-state index contributed by atoms with van der Waals surface area (Å²) in [7, 11) is 1.67. The Hall–Kier alpha value is -0.120. The normalized spacial score (nSPS) is 10.5. The number of unbranched alkanes of at least 4 members (excludes halogenated alkanes) is 3. The molecule has 0 fully saturated rings. The molecule has 0 aliphatic heterocycles. The van der Waals surface area contributed by atoms with Crippen molar-refractivity contribution in [1.29, 1.82) is 0 Å². The van der Waals surface area contributed by atoms with Gasteiger partial charge in [0.2, 0.25) is 0 Å². The van der Waals surface area contributed by atoms with Crippen LogP contribution in [0.15, 0.2) is 0 Å². The standard InChI is InChI=1S/C9H20O3/c1-11-8-9-12-7-5-3-2-4-6-10/h10H,2-9H2,1H3. The maximum Gasteiger partial charge on any atom is 0.0700 e. The van der Waals surface area contributed by atoms with Gasteiger partial charge in [0.05, 0.1) is 13.2 Å². The minimum Gasteiger partial charge on any atom is -0.396 e. The minimum atomic E-state index is 0.310. The smallest absolute Gasteiger partial charge is 0.0700 e. The van der Waals surface area contributed by atoms with Crippen molar-refractivity contribution >= 4 is 0 Å². The summed E-state index contributed by atoms with van der Waals surface area (Å²) in [6.07, 6.45) is 4.25. The van der Waals surface area contributed by atoms with Gasteiger partial charge in [-0.2, -0.15) is 0 Å². The van der Waals surface area contributed by atoms with Gasteiger partial charge in [-0.25, -0.2) is 0 Å². The van der Waals surface area contributed by atoms with E-state index in [-0.39, 0.29) is 0 Å². The molecule has 0 aliphatic rings. The second-order valence-corrected chi connectivity index (χ2v) is 2.74. The molecule has 74 valence electrons. The Labute approximate surface area is 74.7 Å². The summed E-state index contributed by atoms with van der Waals surface area (Å²) in [6.45, 7) is 2.49. The van der Waals surface area contributed by atoms with Crippen LogP contribution < -0.4 is 0 Å². The lowest BCUT2D eigenvalue weighted by atomic mass is 10.2. The fourth-order valence-corrected chi connectivity index (χ4v) is 0.914. The number of rotatable bonds is 9. The molecule has 0 saturated carbocycles. The highest BCUT2D eigenvalue weighted by Crippen LogP contribution is 1.98. The molecule has 0 radical (unpaired) electrons. The van der Waals surface area contributed by atoms with Gasteiger partial charge in [-0.05, 0) is 12.8 Å². The lowest BCUT2D eigenvalue weighted by molar-refractivity contribution is 0.0684. The van der Waals surface area contributed by atoms with Crippen LogP contribution >= 0.6 is 0 Å². The van der Waals surface area contributed by atoms with Crippen molar-refractivity contribution in [2.45, 2.75) is 25.7 Å². The zero-order valence-corrected chi connectivity index (χ0v) is 7.92. The molecule has 0 heterocycles. The van der Waals surface area contributed by atoms with Gasteiger partial charge in [-0.15, -0.1) is 0 Å². The molecular formula is C9H20O3. The third-order valence-electron chi connectivity index (χ3n) is 1.63. The topological polar surface area (TPSA) is 38.7 Å². The highest BCUT2D eigenvalue weighted by atomic mass is 16.5. The van der Waals surface area contributed by atoms with Crippen molar-refractivity contribution < 1.29 is 14.6 Å². The first-order chi connectivity index (χ1) is 5.91. The molecule has 0 spiro atoms. The van der Waals surface area contributed by atoms with Crippen LogP contribution in [0.25, 0.3) is 0 Å². The van der Waals surface area contributed by atoms with E-state index in [1.807, 2.05) is 0 Å². The maximum atomic E-state index is 8.49. The molecule has 0 aromatic heterocycles. The highest BCUT2D eigenvalue weighted by molar-refractivity contribution is 4.41. The first-order valence-corrected chi connectivity index (χ1v) is 4.59. The SMILES string of the molecule is COCCOCCCCCCO. The molecule has 0 rings (SSSR count). The second kappa shape index (κ2) is 10.9.